The molecule has 0 bridgehead atoms. The summed E-state index contributed by atoms with van der Waals surface area (Å²) in [5.74, 6) is 0.218. The van der Waals surface area contributed by atoms with Gasteiger partial charge in [0.1, 0.15) is 0 Å². The molecule has 4 N–H and O–H groups in total. The van der Waals surface area contributed by atoms with Crippen molar-refractivity contribution in [3.8, 4) is 0 Å². The van der Waals surface area contributed by atoms with Gasteiger partial charge < -0.3 is 20.4 Å². The van der Waals surface area contributed by atoms with E-state index in [1.54, 1.807) is 0 Å². The smallest absolute Gasteiger partial charge is 0.160 e. The number of hydrogen-bond donors (Lipinski definition) is 4. The van der Waals surface area contributed by atoms with Gasteiger partial charge in [-0.2, -0.15) is 11.8 Å². The van der Waals surface area contributed by atoms with Crippen LogP contribution >= 0.6 is 11.8 Å². The maximum Gasteiger partial charge on any atom is 0.160 e. The minimum absolute atomic E-state index is 0.109. The molecule has 0 aliphatic heterocycles. The van der Waals surface area contributed by atoms with E-state index in [4.69, 9.17) is 20.4 Å². The molecule has 0 amide bonds. The van der Waals surface area contributed by atoms with Crippen molar-refractivity contribution >= 4 is 11.8 Å². The Kier molecular flexibility index (Phi) is 12.2. The number of aliphatic hydroxyl groups excluding tert-OH is 2. The van der Waals surface area contributed by atoms with E-state index in [9.17, 15) is 0 Å². The van der Waals surface area contributed by atoms with E-state index >= 15 is 0 Å². The normalized spacial score (nSPS) is 9.64. The molecule has 68 valence electrons. The maximum atomic E-state index is 8.24. The average Bonchev–Trinajstić information content (AvgIpc) is 1.90. The SMILES string of the molecule is C=C.OC(O)CSCC(O)O. The summed E-state index contributed by atoms with van der Waals surface area (Å²) in [7, 11) is 0. The van der Waals surface area contributed by atoms with E-state index in [-0.39, 0.29) is 11.5 Å². The Morgan fingerprint density at radius 3 is 1.36 bits per heavy atom. The van der Waals surface area contributed by atoms with Gasteiger partial charge in [-0.25, -0.2) is 0 Å². The van der Waals surface area contributed by atoms with Gasteiger partial charge in [-0.05, 0) is 0 Å². The van der Waals surface area contributed by atoms with Gasteiger partial charge in [0.25, 0.3) is 0 Å². The number of rotatable bonds is 4. The van der Waals surface area contributed by atoms with Crippen LogP contribution in [0.1, 0.15) is 0 Å². The van der Waals surface area contributed by atoms with Gasteiger partial charge in [-0.3, -0.25) is 0 Å². The molecule has 0 aliphatic rings. The van der Waals surface area contributed by atoms with Crippen LogP contribution in [0.4, 0.5) is 0 Å². The van der Waals surface area contributed by atoms with Crippen LogP contribution in [0.2, 0.25) is 0 Å². The van der Waals surface area contributed by atoms with E-state index in [1.807, 2.05) is 0 Å². The minimum atomic E-state index is -1.37. The van der Waals surface area contributed by atoms with Crippen LogP contribution in [0.5, 0.6) is 0 Å². The highest BCUT2D eigenvalue weighted by Crippen LogP contribution is 2.01. The van der Waals surface area contributed by atoms with Crippen molar-refractivity contribution in [1.82, 2.24) is 0 Å². The molecule has 0 aliphatic carbocycles. The Morgan fingerprint density at radius 2 is 1.18 bits per heavy atom. The van der Waals surface area contributed by atoms with Crippen molar-refractivity contribution in [3.63, 3.8) is 0 Å². The van der Waals surface area contributed by atoms with E-state index in [2.05, 4.69) is 13.2 Å². The Morgan fingerprint density at radius 1 is 0.909 bits per heavy atom. The average molecular weight is 182 g/mol. The topological polar surface area (TPSA) is 80.9 Å². The second-order valence-corrected chi connectivity index (χ2v) is 2.57. The van der Waals surface area contributed by atoms with Crippen molar-refractivity contribution in [3.05, 3.63) is 13.2 Å². The molecule has 5 heteroatoms. The first-order chi connectivity index (χ1) is 5.13. The number of aliphatic hydroxyl groups is 4. The zero-order valence-electron chi connectivity index (χ0n) is 6.18. The molecule has 4 nitrogen and oxygen atoms in total. The molecular weight excluding hydrogens is 168 g/mol. The van der Waals surface area contributed by atoms with E-state index in [0.717, 1.165) is 11.8 Å². The summed E-state index contributed by atoms with van der Waals surface area (Å²) < 4.78 is 0. The quantitative estimate of drug-likeness (QED) is 0.336. The lowest BCUT2D eigenvalue weighted by Gasteiger charge is -2.03. The first-order valence-electron chi connectivity index (χ1n) is 2.93. The summed E-state index contributed by atoms with van der Waals surface area (Å²) in [4.78, 5) is 0. The Bertz CT molecular complexity index is 69.0. The molecule has 0 aromatic heterocycles. The molecule has 0 saturated heterocycles. The van der Waals surface area contributed by atoms with Crippen LogP contribution in [0, 0.1) is 0 Å². The second-order valence-electron chi connectivity index (χ2n) is 1.50. The van der Waals surface area contributed by atoms with Crippen LogP contribution in [0.25, 0.3) is 0 Å². The molecule has 0 atom stereocenters. The third kappa shape index (κ3) is 17.8. The number of thioether (sulfide) groups is 1. The monoisotopic (exact) mass is 182 g/mol. The molecule has 0 aromatic carbocycles. The first-order valence-corrected chi connectivity index (χ1v) is 4.08. The minimum Gasteiger partial charge on any atom is -0.367 e. The fourth-order valence-electron chi connectivity index (χ4n) is 0.279. The lowest BCUT2D eigenvalue weighted by molar-refractivity contribution is -0.0226. The number of hydrogen-bond acceptors (Lipinski definition) is 5. The molecule has 0 spiro atoms. The molecule has 0 fully saturated rings. The Hall–Kier alpha value is -0.0700. The fourth-order valence-corrected chi connectivity index (χ4v) is 0.837. The predicted octanol–water partition coefficient (Wildman–Crippen LogP) is -0.857. The van der Waals surface area contributed by atoms with Crippen molar-refractivity contribution < 1.29 is 20.4 Å². The van der Waals surface area contributed by atoms with E-state index < -0.39 is 12.6 Å². The summed E-state index contributed by atoms with van der Waals surface area (Å²) >= 11 is 1.07. The molecule has 11 heavy (non-hydrogen) atoms. The highest BCUT2D eigenvalue weighted by Gasteiger charge is 2.00. The molecular formula is C6H14O4S. The highest BCUT2D eigenvalue weighted by molar-refractivity contribution is 7.99. The van der Waals surface area contributed by atoms with E-state index in [1.165, 1.54) is 0 Å². The standard InChI is InChI=1S/C4H10O4S.C2H4/c5-3(6)1-9-2-4(7)8;1-2/h3-8H,1-2H2;1-2H2. The first kappa shape index (κ1) is 13.5. The second kappa shape index (κ2) is 9.93. The Balaban J connectivity index is 0. The van der Waals surface area contributed by atoms with Crippen molar-refractivity contribution in [2.24, 2.45) is 0 Å². The zero-order valence-corrected chi connectivity index (χ0v) is 7.00. The van der Waals surface area contributed by atoms with Crippen LogP contribution in [0.15, 0.2) is 13.2 Å². The molecule has 0 aromatic rings. The van der Waals surface area contributed by atoms with Crippen LogP contribution in [-0.2, 0) is 0 Å². The molecule has 0 radical (unpaired) electrons. The molecule has 0 heterocycles. The largest absolute Gasteiger partial charge is 0.367 e. The van der Waals surface area contributed by atoms with Gasteiger partial charge in [-0.1, -0.05) is 0 Å². The fraction of sp³-hybridized carbons (Fsp3) is 0.667. The van der Waals surface area contributed by atoms with Crippen molar-refractivity contribution in [1.29, 1.82) is 0 Å². The van der Waals surface area contributed by atoms with Gasteiger partial charge >= 0.3 is 0 Å². The van der Waals surface area contributed by atoms with Crippen LogP contribution < -0.4 is 0 Å². The highest BCUT2D eigenvalue weighted by atomic mass is 32.2. The molecule has 0 unspecified atom stereocenters. The molecule has 0 saturated carbocycles. The Labute approximate surface area is 70.2 Å². The maximum absolute atomic E-state index is 8.24. The van der Waals surface area contributed by atoms with Crippen LogP contribution in [-0.4, -0.2) is 44.5 Å². The molecule has 0 rings (SSSR count). The van der Waals surface area contributed by atoms with Gasteiger partial charge in [0.15, 0.2) is 12.6 Å². The summed E-state index contributed by atoms with van der Waals surface area (Å²) in [6.45, 7) is 6.00. The van der Waals surface area contributed by atoms with Crippen molar-refractivity contribution in [2.75, 3.05) is 11.5 Å². The predicted molar refractivity (Wildman–Crippen MR) is 45.0 cm³/mol. The van der Waals surface area contributed by atoms with Gasteiger partial charge in [0.05, 0.1) is 0 Å². The van der Waals surface area contributed by atoms with Crippen molar-refractivity contribution in [2.45, 2.75) is 12.6 Å². The third-order valence-electron chi connectivity index (χ3n) is 0.534. The lowest BCUT2D eigenvalue weighted by atomic mass is 10.8. The summed E-state index contributed by atoms with van der Waals surface area (Å²) in [5.41, 5.74) is 0. The van der Waals surface area contributed by atoms with Crippen LogP contribution in [0.3, 0.4) is 0 Å². The zero-order chi connectivity index (χ0) is 9.28. The van der Waals surface area contributed by atoms with E-state index in [0.29, 0.717) is 0 Å². The summed E-state index contributed by atoms with van der Waals surface area (Å²) in [6.07, 6.45) is -2.73. The third-order valence-corrected chi connectivity index (χ3v) is 1.60. The van der Waals surface area contributed by atoms with Gasteiger partial charge in [0, 0.05) is 11.5 Å². The summed E-state index contributed by atoms with van der Waals surface area (Å²) in [5, 5.41) is 32.9. The summed E-state index contributed by atoms with van der Waals surface area (Å²) in [6, 6.07) is 0. The van der Waals surface area contributed by atoms with Gasteiger partial charge in [-0.15, -0.1) is 13.2 Å². The van der Waals surface area contributed by atoms with Gasteiger partial charge in [0.2, 0.25) is 0 Å². The lowest BCUT2D eigenvalue weighted by Crippen LogP contribution is -2.12.